The van der Waals surface area contributed by atoms with Crippen molar-refractivity contribution in [3.8, 4) is 28.3 Å². The summed E-state index contributed by atoms with van der Waals surface area (Å²) >= 11 is 1.85. The average molecular weight is 760 g/mol. The maximum Gasteiger partial charge on any atom is 0.227 e. The number of oxazole rings is 1. The number of anilines is 3. The van der Waals surface area contributed by atoms with Gasteiger partial charge in [-0.1, -0.05) is 127 Å². The number of thiophene rings is 1. The quantitative estimate of drug-likeness (QED) is 0.169. The molecule has 0 aliphatic rings. The third-order valence-corrected chi connectivity index (χ3v) is 12.5. The Morgan fingerprint density at radius 3 is 1.97 bits per heavy atom. The Labute approximate surface area is 338 Å². The van der Waals surface area contributed by atoms with E-state index in [1.54, 1.807) is 0 Å². The van der Waals surface area contributed by atoms with E-state index in [0.717, 1.165) is 56.1 Å². The third-order valence-electron chi connectivity index (χ3n) is 11.4. The topological polar surface area (TPSA) is 34.2 Å². The first-order chi connectivity index (χ1) is 28.8. The van der Waals surface area contributed by atoms with E-state index in [4.69, 9.17) is 9.40 Å². The molecule has 0 fully saturated rings. The van der Waals surface area contributed by atoms with E-state index in [2.05, 4.69) is 167 Å². The first kappa shape index (κ1) is 32.7. The van der Waals surface area contributed by atoms with Crippen molar-refractivity contribution in [1.29, 1.82) is 0 Å². The Kier molecular flexibility index (Phi) is 7.37. The van der Waals surface area contributed by atoms with E-state index >= 15 is 0 Å². The first-order valence-corrected chi connectivity index (χ1v) is 20.4. The molecular formula is C53H33N3OS. The summed E-state index contributed by atoms with van der Waals surface area (Å²) in [4.78, 5) is 7.43. The largest absolute Gasteiger partial charge is 0.436 e. The van der Waals surface area contributed by atoms with E-state index < -0.39 is 0 Å². The van der Waals surface area contributed by atoms with Gasteiger partial charge < -0.3 is 13.9 Å². The highest BCUT2D eigenvalue weighted by molar-refractivity contribution is 7.25. The molecule has 5 heteroatoms. The lowest BCUT2D eigenvalue weighted by Gasteiger charge is -2.28. The molecule has 0 amide bonds. The van der Waals surface area contributed by atoms with Crippen molar-refractivity contribution in [3.63, 3.8) is 0 Å². The minimum Gasteiger partial charge on any atom is -0.436 e. The molecule has 0 saturated heterocycles. The number of hydrogen-bond donors (Lipinski definition) is 0. The van der Waals surface area contributed by atoms with Gasteiger partial charge in [-0.05, 0) is 83.7 Å². The number of aromatic nitrogens is 2. The van der Waals surface area contributed by atoms with Crippen molar-refractivity contribution in [2.24, 2.45) is 0 Å². The van der Waals surface area contributed by atoms with Crippen LogP contribution in [0.5, 0.6) is 0 Å². The van der Waals surface area contributed by atoms with Gasteiger partial charge in [0.05, 0.1) is 16.7 Å². The van der Waals surface area contributed by atoms with Gasteiger partial charge in [0.25, 0.3) is 0 Å². The van der Waals surface area contributed by atoms with Gasteiger partial charge in [0.15, 0.2) is 5.58 Å². The van der Waals surface area contributed by atoms with Gasteiger partial charge in [-0.25, -0.2) is 4.98 Å². The molecule has 0 saturated carbocycles. The fourth-order valence-corrected chi connectivity index (χ4v) is 9.95. The fourth-order valence-electron chi connectivity index (χ4n) is 8.81. The number of hydrogen-bond acceptors (Lipinski definition) is 4. The molecule has 0 atom stereocenters. The minimum atomic E-state index is 0.623. The molecule has 0 aliphatic heterocycles. The zero-order valence-electron chi connectivity index (χ0n) is 31.2. The second-order valence-corrected chi connectivity index (χ2v) is 15.8. The van der Waals surface area contributed by atoms with Crippen LogP contribution < -0.4 is 4.90 Å². The molecule has 0 bridgehead atoms. The minimum absolute atomic E-state index is 0.623. The molecule has 272 valence electrons. The Morgan fingerprint density at radius 1 is 0.466 bits per heavy atom. The van der Waals surface area contributed by atoms with Crippen LogP contribution in [0.2, 0.25) is 0 Å². The van der Waals surface area contributed by atoms with Crippen LogP contribution in [0.3, 0.4) is 0 Å². The van der Waals surface area contributed by atoms with Crippen molar-refractivity contribution < 1.29 is 4.42 Å². The number of nitrogens with zero attached hydrogens (tertiary/aromatic N) is 3. The molecule has 0 unspecified atom stereocenters. The third kappa shape index (κ3) is 5.11. The maximum absolute atomic E-state index is 6.27. The van der Waals surface area contributed by atoms with Crippen LogP contribution in [0.4, 0.5) is 17.1 Å². The molecule has 12 aromatic rings. The Bertz CT molecular complexity index is 3510. The van der Waals surface area contributed by atoms with Crippen LogP contribution in [0.25, 0.3) is 92.1 Å². The Balaban J connectivity index is 1.10. The van der Waals surface area contributed by atoms with Gasteiger partial charge in [-0.15, -0.1) is 11.3 Å². The summed E-state index contributed by atoms with van der Waals surface area (Å²) < 4.78 is 11.2. The van der Waals surface area contributed by atoms with E-state index in [1.165, 1.54) is 47.2 Å². The molecule has 0 aliphatic carbocycles. The molecule has 0 spiro atoms. The van der Waals surface area contributed by atoms with E-state index in [0.29, 0.717) is 5.89 Å². The predicted molar refractivity (Wildman–Crippen MR) is 244 cm³/mol. The summed E-state index contributed by atoms with van der Waals surface area (Å²) in [5.41, 5.74) is 11.5. The predicted octanol–water partition coefficient (Wildman–Crippen LogP) is 15.2. The summed E-state index contributed by atoms with van der Waals surface area (Å²) in [7, 11) is 0. The highest BCUT2D eigenvalue weighted by Crippen LogP contribution is 2.47. The zero-order valence-corrected chi connectivity index (χ0v) is 32.0. The molecule has 12 rings (SSSR count). The zero-order chi connectivity index (χ0) is 38.2. The smallest absolute Gasteiger partial charge is 0.227 e. The van der Waals surface area contributed by atoms with Crippen molar-refractivity contribution in [1.82, 2.24) is 9.55 Å². The molecule has 3 aromatic heterocycles. The number of rotatable bonds is 6. The molecular weight excluding hydrogens is 727 g/mol. The number of para-hydroxylation sites is 3. The second kappa shape index (κ2) is 13.1. The first-order valence-electron chi connectivity index (χ1n) is 19.5. The summed E-state index contributed by atoms with van der Waals surface area (Å²) in [5, 5.41) is 7.47. The second-order valence-electron chi connectivity index (χ2n) is 14.7. The van der Waals surface area contributed by atoms with E-state index in [1.807, 2.05) is 53.8 Å². The summed E-state index contributed by atoms with van der Waals surface area (Å²) in [6.45, 7) is 0. The van der Waals surface area contributed by atoms with Crippen molar-refractivity contribution in [2.45, 2.75) is 0 Å². The number of fused-ring (bicyclic) bond motifs is 9. The van der Waals surface area contributed by atoms with Crippen LogP contribution in [0.1, 0.15) is 0 Å². The standard InChI is InChI=1S/C53H33N3OS/c1-3-14-35(15-4-1)53-54-52-39(22-13-24-48(52)57-53)34-26-28-37(29-27-34)55(38-30-31-42-41-19-10-12-25-49(41)58-50(42)32-38)46-33-47-51(43-20-8-7-18-40(43)46)44-21-9-11-23-45(44)56(47)36-16-5-2-6-17-36/h1-33H. The Hall–Kier alpha value is -7.47. The summed E-state index contributed by atoms with van der Waals surface area (Å²) in [6.07, 6.45) is 0. The molecule has 0 radical (unpaired) electrons. The van der Waals surface area contributed by atoms with Crippen LogP contribution in [-0.2, 0) is 0 Å². The lowest BCUT2D eigenvalue weighted by molar-refractivity contribution is 0.620. The summed E-state index contributed by atoms with van der Waals surface area (Å²) in [6, 6.07) is 71.6. The van der Waals surface area contributed by atoms with Gasteiger partial charge in [-0.3, -0.25) is 0 Å². The molecule has 3 heterocycles. The Morgan fingerprint density at radius 2 is 1.14 bits per heavy atom. The monoisotopic (exact) mass is 759 g/mol. The van der Waals surface area contributed by atoms with Crippen LogP contribution in [-0.4, -0.2) is 9.55 Å². The van der Waals surface area contributed by atoms with Gasteiger partial charge in [-0.2, -0.15) is 0 Å². The van der Waals surface area contributed by atoms with Crippen LogP contribution in [0, 0.1) is 0 Å². The fraction of sp³-hybridized carbons (Fsp3) is 0. The average Bonchev–Trinajstić information content (AvgIpc) is 3.99. The van der Waals surface area contributed by atoms with E-state index in [9.17, 15) is 0 Å². The number of benzene rings is 9. The summed E-state index contributed by atoms with van der Waals surface area (Å²) in [5.74, 6) is 0.623. The molecule has 0 N–H and O–H groups in total. The van der Waals surface area contributed by atoms with Gasteiger partial charge in [0.1, 0.15) is 5.52 Å². The van der Waals surface area contributed by atoms with Crippen molar-refractivity contribution in [2.75, 3.05) is 4.90 Å². The van der Waals surface area contributed by atoms with Crippen LogP contribution in [0.15, 0.2) is 205 Å². The van der Waals surface area contributed by atoms with Gasteiger partial charge in [0, 0.05) is 64.5 Å². The highest BCUT2D eigenvalue weighted by atomic mass is 32.1. The highest BCUT2D eigenvalue weighted by Gasteiger charge is 2.23. The van der Waals surface area contributed by atoms with Crippen LogP contribution >= 0.6 is 11.3 Å². The lowest BCUT2D eigenvalue weighted by Crippen LogP contribution is -2.11. The normalized spacial score (nSPS) is 11.8. The lowest BCUT2D eigenvalue weighted by atomic mass is 10.00. The molecule has 58 heavy (non-hydrogen) atoms. The van der Waals surface area contributed by atoms with Gasteiger partial charge >= 0.3 is 0 Å². The SMILES string of the molecule is c1ccc(-c2nc3c(-c4ccc(N(c5ccc6c(c5)sc5ccccc56)c5cc6c(c7ccccc57)c5ccccc5n6-c5ccccc5)cc4)cccc3o2)cc1. The van der Waals surface area contributed by atoms with Crippen molar-refractivity contribution >= 4 is 92.2 Å². The van der Waals surface area contributed by atoms with Crippen molar-refractivity contribution in [3.05, 3.63) is 200 Å². The van der Waals surface area contributed by atoms with E-state index in [-0.39, 0.29) is 0 Å². The molecule has 9 aromatic carbocycles. The van der Waals surface area contributed by atoms with Gasteiger partial charge in [0.2, 0.25) is 5.89 Å². The maximum atomic E-state index is 6.27. The molecule has 4 nitrogen and oxygen atoms in total.